The normalized spacial score (nSPS) is 23.9. The van der Waals surface area contributed by atoms with E-state index in [2.05, 4.69) is 41.7 Å². The Labute approximate surface area is 127 Å². The maximum Gasteiger partial charge on any atom is 0.317 e. The van der Waals surface area contributed by atoms with Gasteiger partial charge in [-0.3, -0.25) is 0 Å². The summed E-state index contributed by atoms with van der Waals surface area (Å²) >= 11 is 0. The van der Waals surface area contributed by atoms with Crippen LogP contribution in [0.5, 0.6) is 0 Å². The zero-order chi connectivity index (χ0) is 14.5. The van der Waals surface area contributed by atoms with E-state index in [0.717, 1.165) is 45.3 Å². The lowest BCUT2D eigenvalue weighted by Gasteiger charge is -2.17. The molecule has 2 unspecified atom stereocenters. The lowest BCUT2D eigenvalue weighted by atomic mass is 9.86. The third-order valence-corrected chi connectivity index (χ3v) is 4.67. The number of nitrogens with one attached hydrogen (secondary N) is 1. The smallest absolute Gasteiger partial charge is 0.317 e. The first kappa shape index (κ1) is 14.2. The molecule has 1 aliphatic carbocycles. The number of hydrogen-bond donors (Lipinski definition) is 1. The Balaban J connectivity index is 1.37. The minimum Gasteiger partial charge on any atom is -0.338 e. The number of fused-ring (bicyclic) bond motifs is 1. The molecule has 112 valence electrons. The van der Waals surface area contributed by atoms with Gasteiger partial charge in [-0.15, -0.1) is 0 Å². The van der Waals surface area contributed by atoms with Crippen molar-refractivity contribution >= 4 is 6.03 Å². The maximum atomic E-state index is 12.2. The molecule has 2 amide bonds. The van der Waals surface area contributed by atoms with E-state index in [9.17, 15) is 4.79 Å². The number of nitrogens with zero attached hydrogens (tertiary/aromatic N) is 1. The van der Waals surface area contributed by atoms with Crippen molar-refractivity contribution in [2.75, 3.05) is 19.6 Å². The monoisotopic (exact) mass is 284 g/mol. The fourth-order valence-electron chi connectivity index (χ4n) is 3.42. The molecule has 1 saturated heterocycles. The predicted molar refractivity (Wildman–Crippen MR) is 85.1 cm³/mol. The number of aryl methyl sites for hydroxylation is 1. The average Bonchev–Trinajstić information content (AvgIpc) is 2.96. The highest BCUT2D eigenvalue weighted by Gasteiger charge is 2.34. The van der Waals surface area contributed by atoms with Crippen molar-refractivity contribution in [2.24, 2.45) is 11.8 Å². The SMILES string of the molecule is O=C(NCCCc1ccccc1)N1CC2CC=CCC2C1. The zero-order valence-corrected chi connectivity index (χ0v) is 12.5. The van der Waals surface area contributed by atoms with Gasteiger partial charge in [0.2, 0.25) is 0 Å². The summed E-state index contributed by atoms with van der Waals surface area (Å²) in [6, 6.07) is 10.6. The van der Waals surface area contributed by atoms with Crippen LogP contribution < -0.4 is 5.32 Å². The highest BCUT2D eigenvalue weighted by Crippen LogP contribution is 2.32. The molecule has 0 saturated carbocycles. The first-order valence-electron chi connectivity index (χ1n) is 8.04. The summed E-state index contributed by atoms with van der Waals surface area (Å²) < 4.78 is 0. The van der Waals surface area contributed by atoms with Gasteiger partial charge >= 0.3 is 6.03 Å². The number of allylic oxidation sites excluding steroid dienone is 2. The molecule has 1 fully saturated rings. The standard InChI is InChI=1S/C18H24N2O/c21-18(19-12-6-9-15-7-2-1-3-8-15)20-13-16-10-4-5-11-17(16)14-20/h1-5,7-8,16-17H,6,9-14H2,(H,19,21). The zero-order valence-electron chi connectivity index (χ0n) is 12.5. The van der Waals surface area contributed by atoms with E-state index in [0.29, 0.717) is 11.8 Å². The van der Waals surface area contributed by atoms with E-state index in [1.807, 2.05) is 11.0 Å². The van der Waals surface area contributed by atoms with Crippen LogP contribution in [0, 0.1) is 11.8 Å². The summed E-state index contributed by atoms with van der Waals surface area (Å²) in [5.74, 6) is 1.37. The Hall–Kier alpha value is -1.77. The van der Waals surface area contributed by atoms with Gasteiger partial charge in [0.05, 0.1) is 0 Å². The van der Waals surface area contributed by atoms with Crippen LogP contribution in [0.1, 0.15) is 24.8 Å². The summed E-state index contributed by atoms with van der Waals surface area (Å²) in [7, 11) is 0. The predicted octanol–water partition coefficient (Wildman–Crippen LogP) is 3.23. The van der Waals surface area contributed by atoms with E-state index in [4.69, 9.17) is 0 Å². The Kier molecular flexibility index (Phi) is 4.59. The van der Waals surface area contributed by atoms with Gasteiger partial charge in [-0.1, -0.05) is 42.5 Å². The van der Waals surface area contributed by atoms with Gasteiger partial charge in [0.15, 0.2) is 0 Å². The highest BCUT2D eigenvalue weighted by atomic mass is 16.2. The summed E-state index contributed by atoms with van der Waals surface area (Å²) in [5.41, 5.74) is 1.34. The van der Waals surface area contributed by atoms with Gasteiger partial charge in [-0.05, 0) is 43.1 Å². The number of carbonyl (C=O) groups is 1. The largest absolute Gasteiger partial charge is 0.338 e. The fourth-order valence-corrected chi connectivity index (χ4v) is 3.42. The molecule has 1 aromatic carbocycles. The highest BCUT2D eigenvalue weighted by molar-refractivity contribution is 5.74. The fraction of sp³-hybridized carbons (Fsp3) is 0.500. The molecule has 3 rings (SSSR count). The first-order valence-corrected chi connectivity index (χ1v) is 8.04. The van der Waals surface area contributed by atoms with Gasteiger partial charge in [0.1, 0.15) is 0 Å². The Morgan fingerprint density at radius 2 is 1.76 bits per heavy atom. The van der Waals surface area contributed by atoms with Crippen LogP contribution in [0.3, 0.4) is 0 Å². The van der Waals surface area contributed by atoms with Crippen molar-refractivity contribution in [3.63, 3.8) is 0 Å². The molecule has 1 N–H and O–H groups in total. The van der Waals surface area contributed by atoms with Crippen molar-refractivity contribution < 1.29 is 4.79 Å². The molecule has 3 nitrogen and oxygen atoms in total. The number of amides is 2. The van der Waals surface area contributed by atoms with Gasteiger partial charge in [-0.2, -0.15) is 0 Å². The number of likely N-dealkylation sites (tertiary alicyclic amines) is 1. The second kappa shape index (κ2) is 6.79. The second-order valence-corrected chi connectivity index (χ2v) is 6.19. The second-order valence-electron chi connectivity index (χ2n) is 6.19. The molecule has 0 aromatic heterocycles. The number of hydrogen-bond acceptors (Lipinski definition) is 1. The molecule has 21 heavy (non-hydrogen) atoms. The Morgan fingerprint density at radius 3 is 2.43 bits per heavy atom. The van der Waals surface area contributed by atoms with Crippen LogP contribution in [0.15, 0.2) is 42.5 Å². The molecule has 1 aliphatic heterocycles. The Bertz CT molecular complexity index is 481. The molecular formula is C18H24N2O. The molecule has 2 aliphatic rings. The third kappa shape index (κ3) is 3.66. The van der Waals surface area contributed by atoms with Gasteiger partial charge < -0.3 is 10.2 Å². The lowest BCUT2D eigenvalue weighted by molar-refractivity contribution is 0.206. The van der Waals surface area contributed by atoms with Gasteiger partial charge in [0, 0.05) is 19.6 Å². The van der Waals surface area contributed by atoms with Crippen LogP contribution in [0.2, 0.25) is 0 Å². The lowest BCUT2D eigenvalue weighted by Crippen LogP contribution is -2.39. The van der Waals surface area contributed by atoms with E-state index in [-0.39, 0.29) is 6.03 Å². The molecule has 3 heteroatoms. The molecule has 0 spiro atoms. The van der Waals surface area contributed by atoms with Crippen LogP contribution >= 0.6 is 0 Å². The average molecular weight is 284 g/mol. The number of rotatable bonds is 4. The molecule has 2 atom stereocenters. The number of benzene rings is 1. The van der Waals surface area contributed by atoms with Crippen molar-refractivity contribution in [3.8, 4) is 0 Å². The van der Waals surface area contributed by atoms with Crippen molar-refractivity contribution in [1.82, 2.24) is 10.2 Å². The Morgan fingerprint density at radius 1 is 1.10 bits per heavy atom. The first-order chi connectivity index (χ1) is 10.3. The van der Waals surface area contributed by atoms with E-state index < -0.39 is 0 Å². The summed E-state index contributed by atoms with van der Waals surface area (Å²) in [6.45, 7) is 2.62. The van der Waals surface area contributed by atoms with Gasteiger partial charge in [-0.25, -0.2) is 4.79 Å². The summed E-state index contributed by atoms with van der Waals surface area (Å²) in [6.07, 6.45) is 8.84. The minimum absolute atomic E-state index is 0.123. The third-order valence-electron chi connectivity index (χ3n) is 4.67. The molecule has 1 aromatic rings. The number of carbonyl (C=O) groups excluding carboxylic acids is 1. The maximum absolute atomic E-state index is 12.2. The van der Waals surface area contributed by atoms with Crippen molar-refractivity contribution in [1.29, 1.82) is 0 Å². The molecule has 0 radical (unpaired) electrons. The minimum atomic E-state index is 0.123. The molecule has 0 bridgehead atoms. The van der Waals surface area contributed by atoms with Crippen LogP contribution in [0.25, 0.3) is 0 Å². The quantitative estimate of drug-likeness (QED) is 0.668. The van der Waals surface area contributed by atoms with Crippen molar-refractivity contribution in [3.05, 3.63) is 48.0 Å². The van der Waals surface area contributed by atoms with Crippen LogP contribution in [0.4, 0.5) is 4.79 Å². The molecule has 1 heterocycles. The summed E-state index contributed by atoms with van der Waals surface area (Å²) in [5, 5.41) is 3.07. The molecular weight excluding hydrogens is 260 g/mol. The topological polar surface area (TPSA) is 32.3 Å². The number of urea groups is 1. The van der Waals surface area contributed by atoms with Crippen molar-refractivity contribution in [2.45, 2.75) is 25.7 Å². The van der Waals surface area contributed by atoms with Crippen LogP contribution in [-0.4, -0.2) is 30.6 Å². The van der Waals surface area contributed by atoms with Gasteiger partial charge in [0.25, 0.3) is 0 Å². The van der Waals surface area contributed by atoms with E-state index in [1.54, 1.807) is 0 Å². The van der Waals surface area contributed by atoms with E-state index in [1.165, 1.54) is 5.56 Å². The van der Waals surface area contributed by atoms with E-state index >= 15 is 0 Å². The van der Waals surface area contributed by atoms with Crippen LogP contribution in [-0.2, 0) is 6.42 Å². The summed E-state index contributed by atoms with van der Waals surface area (Å²) in [4.78, 5) is 14.2.